The lowest BCUT2D eigenvalue weighted by molar-refractivity contribution is -0.303. The van der Waals surface area contributed by atoms with Gasteiger partial charge < -0.3 is 202 Å². The standard InChI is InChI=1S/4C11H23NO6.2C10H21NO5/c4*1-3-6(16-2)5-17-11-8(12)10(15)9(14)7(4-13)18-11;2*1-3-6(4-11)16-10-9(14)8(13)7(12)5(2)15-10/h4*6-11,13-15H,3-5,12H2,1-2H3;2*5-10,12-14H,3-4,11H2,1-2H3/t6?,7?,8?,9-,10+,11+;6?,7?,8?,9-,10+,11-;6?,7?,8?,9-,10-,11+;6?,7?,8?,9-,10-,11-;5?,6?,7-,8-,9?,10+;5?,6?,7-,8-,9?,10-/m001100/s1. The molecule has 0 bridgehead atoms. The Morgan fingerprint density at radius 2 is 0.481 bits per heavy atom. The quantitative estimate of drug-likeness (QED) is 0.0297. The molecule has 0 spiro atoms. The van der Waals surface area contributed by atoms with Gasteiger partial charge in [0.2, 0.25) is 0 Å². The van der Waals surface area contributed by atoms with Crippen LogP contribution in [0.15, 0.2) is 0 Å². The van der Waals surface area contributed by atoms with Crippen LogP contribution in [0, 0.1) is 0 Å². The van der Waals surface area contributed by atoms with Crippen LogP contribution in [0.2, 0.25) is 0 Å². The summed E-state index contributed by atoms with van der Waals surface area (Å²) in [7, 11) is 6.31. The van der Waals surface area contributed by atoms with E-state index in [-0.39, 0.29) is 63.1 Å². The van der Waals surface area contributed by atoms with Gasteiger partial charge >= 0.3 is 0 Å². The Hall–Kier alpha value is -1.60. The molecule has 6 aliphatic heterocycles. The highest BCUT2D eigenvalue weighted by Crippen LogP contribution is 2.28. The topological polar surface area (TPSA) is 668 Å². The number of aliphatic hydroxyl groups is 18. The monoisotopic (exact) mass is 1530 g/mol. The highest BCUT2D eigenvalue weighted by atomic mass is 16.7. The highest BCUT2D eigenvalue weighted by molar-refractivity contribution is 4.95. The van der Waals surface area contributed by atoms with E-state index in [1.807, 2.05) is 41.5 Å². The maximum atomic E-state index is 9.72. The van der Waals surface area contributed by atoms with E-state index in [0.29, 0.717) is 25.9 Å². The van der Waals surface area contributed by atoms with Gasteiger partial charge in [-0.05, 0) is 52.4 Å². The molecule has 0 aliphatic carbocycles. The minimum atomic E-state index is -1.26. The van der Waals surface area contributed by atoms with E-state index < -0.39 is 210 Å². The number of hydrogen-bond donors (Lipinski definition) is 24. The van der Waals surface area contributed by atoms with E-state index in [0.717, 1.165) is 25.7 Å². The second-order valence-electron chi connectivity index (χ2n) is 25.7. The third-order valence-electron chi connectivity index (χ3n) is 18.4. The molecule has 0 aromatic rings. The number of hydrogen-bond acceptors (Lipinski definition) is 40. The molecule has 36 atom stereocenters. The number of rotatable bonds is 32. The van der Waals surface area contributed by atoms with Crippen LogP contribution in [-0.4, -0.2) is 407 Å². The summed E-state index contributed by atoms with van der Waals surface area (Å²) in [6, 6.07) is -3.45. The molecule has 6 aliphatic rings. The van der Waals surface area contributed by atoms with E-state index in [9.17, 15) is 71.5 Å². The van der Waals surface area contributed by atoms with E-state index >= 15 is 0 Å². The van der Waals surface area contributed by atoms with Gasteiger partial charge in [-0.1, -0.05) is 41.5 Å². The van der Waals surface area contributed by atoms with Crippen molar-refractivity contribution in [3.05, 3.63) is 0 Å². The Kier molecular flexibility index (Phi) is 51.5. The van der Waals surface area contributed by atoms with Crippen LogP contribution < -0.4 is 34.4 Å². The van der Waals surface area contributed by atoms with Gasteiger partial charge in [-0.3, -0.25) is 0 Å². The summed E-state index contributed by atoms with van der Waals surface area (Å²) in [5.41, 5.74) is 33.8. The van der Waals surface area contributed by atoms with Crippen molar-refractivity contribution in [1.29, 1.82) is 0 Å². The molecule has 18 unspecified atom stereocenters. The minimum Gasteiger partial charge on any atom is -0.394 e. The van der Waals surface area contributed by atoms with Crippen LogP contribution in [0.25, 0.3) is 0 Å². The molecule has 30 N–H and O–H groups in total. The molecule has 0 aromatic carbocycles. The third-order valence-corrected chi connectivity index (χ3v) is 18.4. The maximum Gasteiger partial charge on any atom is 0.186 e. The van der Waals surface area contributed by atoms with Crippen molar-refractivity contribution in [2.24, 2.45) is 34.4 Å². The second kappa shape index (κ2) is 53.4. The van der Waals surface area contributed by atoms with Gasteiger partial charge in [0.1, 0.15) is 110 Å². The van der Waals surface area contributed by atoms with Gasteiger partial charge in [0.25, 0.3) is 0 Å². The first-order valence-corrected chi connectivity index (χ1v) is 35.4. The first-order chi connectivity index (χ1) is 49.2. The fourth-order valence-corrected chi connectivity index (χ4v) is 10.5. The lowest BCUT2D eigenvalue weighted by Crippen LogP contribution is -2.62. The normalized spacial score (nSPS) is 39.7. The Balaban J connectivity index is 0.000000624. The van der Waals surface area contributed by atoms with Crippen molar-refractivity contribution in [3.63, 3.8) is 0 Å². The van der Waals surface area contributed by atoms with Gasteiger partial charge in [-0.25, -0.2) is 0 Å². The SMILES string of the molecule is CCC(CN)O[C@@H]1OC(C)[C@H](O)[C@H](O)C1O.CCC(CN)O[C@H]1OC(C)[C@H](O)[C@H](O)C1O.CCC(CO[C@@H]1OC(CO)[C@@H](O)[C@H](O)C1N)OC.CCC(CO[C@@H]1OC(CO)[C@H](O)[C@H](O)C1N)OC.CCC(CO[C@H]1OC(CO)[C@@H](O)[C@H](O)C1N)OC.CCC(CO[C@H]1OC(CO)[C@H](O)[C@H](O)C1N)OC. The van der Waals surface area contributed by atoms with Crippen molar-refractivity contribution < 1.29 is 168 Å². The van der Waals surface area contributed by atoms with E-state index in [1.165, 1.54) is 0 Å². The fourth-order valence-electron chi connectivity index (χ4n) is 10.5. The van der Waals surface area contributed by atoms with E-state index in [1.54, 1.807) is 42.3 Å². The van der Waals surface area contributed by atoms with Crippen LogP contribution in [0.4, 0.5) is 0 Å². The van der Waals surface area contributed by atoms with Crippen molar-refractivity contribution in [2.45, 2.75) is 315 Å². The molecule has 0 saturated carbocycles. The molecule has 6 heterocycles. The second-order valence-corrected chi connectivity index (χ2v) is 25.7. The summed E-state index contributed by atoms with van der Waals surface area (Å²) in [5, 5.41) is 171. The van der Waals surface area contributed by atoms with Crippen LogP contribution in [0.3, 0.4) is 0 Å². The average molecular weight is 1530 g/mol. The molecular weight excluding hydrogens is 1400 g/mol. The predicted octanol–water partition coefficient (Wildman–Crippen LogP) is -10.1. The van der Waals surface area contributed by atoms with Crippen molar-refractivity contribution >= 4 is 0 Å². The molecular formula is C64H134N6O34. The highest BCUT2D eigenvalue weighted by Gasteiger charge is 2.48. The predicted molar refractivity (Wildman–Crippen MR) is 364 cm³/mol. The Morgan fingerprint density at radius 1 is 0.279 bits per heavy atom. The number of nitrogens with two attached hydrogens (primary N) is 6. The Morgan fingerprint density at radius 3 is 0.644 bits per heavy atom. The average Bonchev–Trinajstić information content (AvgIpc) is 0.861. The molecule has 624 valence electrons. The lowest BCUT2D eigenvalue weighted by Gasteiger charge is -2.40. The molecule has 40 nitrogen and oxygen atoms in total. The summed E-state index contributed by atoms with van der Waals surface area (Å²) in [6.45, 7) is 14.9. The first-order valence-electron chi connectivity index (χ1n) is 35.4. The molecule has 0 radical (unpaired) electrons. The van der Waals surface area contributed by atoms with Gasteiger partial charge in [-0.2, -0.15) is 0 Å². The Labute approximate surface area is 609 Å². The number of methoxy groups -OCH3 is 4. The summed E-state index contributed by atoms with van der Waals surface area (Å²) >= 11 is 0. The van der Waals surface area contributed by atoms with E-state index in [2.05, 4.69) is 0 Å². The van der Waals surface area contributed by atoms with Gasteiger partial charge in [0.15, 0.2) is 37.7 Å². The third kappa shape index (κ3) is 31.2. The zero-order chi connectivity index (χ0) is 79.4. The van der Waals surface area contributed by atoms with Crippen LogP contribution in [0.1, 0.15) is 93.9 Å². The van der Waals surface area contributed by atoms with Gasteiger partial charge in [0, 0.05) is 41.5 Å². The largest absolute Gasteiger partial charge is 0.394 e. The molecule has 104 heavy (non-hydrogen) atoms. The summed E-state index contributed by atoms with van der Waals surface area (Å²) in [6.07, 6.45) is -23.3. The van der Waals surface area contributed by atoms with Crippen LogP contribution in [-0.2, 0) is 75.8 Å². The zero-order valence-electron chi connectivity index (χ0n) is 62.1. The van der Waals surface area contributed by atoms with Crippen LogP contribution >= 0.6 is 0 Å². The zero-order valence-corrected chi connectivity index (χ0v) is 62.1. The molecule has 40 heteroatoms. The summed E-state index contributed by atoms with van der Waals surface area (Å²) in [4.78, 5) is 0. The van der Waals surface area contributed by atoms with Crippen molar-refractivity contribution in [2.75, 3.05) is 94.4 Å². The minimum absolute atomic E-state index is 0.0858. The van der Waals surface area contributed by atoms with Gasteiger partial charge in [0.05, 0.1) is 126 Å². The van der Waals surface area contributed by atoms with Crippen molar-refractivity contribution in [3.8, 4) is 0 Å². The Bertz CT molecular complexity index is 1850. The first kappa shape index (κ1) is 100. The summed E-state index contributed by atoms with van der Waals surface area (Å²) in [5.74, 6) is 0. The molecule has 6 saturated heterocycles. The summed E-state index contributed by atoms with van der Waals surface area (Å²) < 4.78 is 84.9. The fraction of sp³-hybridized carbons (Fsp3) is 1.00. The van der Waals surface area contributed by atoms with Gasteiger partial charge in [-0.15, -0.1) is 0 Å². The number of aliphatic hydroxyl groups excluding tert-OH is 18. The van der Waals surface area contributed by atoms with E-state index in [4.69, 9.17) is 131 Å². The number of ether oxygens (including phenoxy) is 16. The maximum absolute atomic E-state index is 9.72. The molecule has 6 rings (SSSR count). The van der Waals surface area contributed by atoms with Crippen LogP contribution in [0.5, 0.6) is 0 Å². The smallest absolute Gasteiger partial charge is 0.186 e. The lowest BCUT2D eigenvalue weighted by atomic mass is 9.98. The molecule has 6 fully saturated rings. The van der Waals surface area contributed by atoms with Crippen molar-refractivity contribution in [1.82, 2.24) is 0 Å². The molecule has 0 aromatic heterocycles. The molecule has 0 amide bonds.